The lowest BCUT2D eigenvalue weighted by molar-refractivity contribution is 0.0685. The van der Waals surface area contributed by atoms with Crippen molar-refractivity contribution in [1.29, 1.82) is 0 Å². The van der Waals surface area contributed by atoms with Gasteiger partial charge >= 0.3 is 0 Å². The molecule has 3 aromatic rings. The van der Waals surface area contributed by atoms with Crippen LogP contribution in [0.25, 0.3) is 0 Å². The number of carbonyl (C=O) groups is 1. The highest BCUT2D eigenvalue weighted by Crippen LogP contribution is 2.45. The number of ketones is 1. The minimum atomic E-state index is -1.33. The van der Waals surface area contributed by atoms with Crippen LogP contribution in [-0.2, 0) is 5.60 Å². The second-order valence-corrected chi connectivity index (χ2v) is 5.84. The molecule has 0 fully saturated rings. The van der Waals surface area contributed by atoms with Crippen molar-refractivity contribution in [3.63, 3.8) is 0 Å². The van der Waals surface area contributed by atoms with E-state index < -0.39 is 5.60 Å². The first-order chi connectivity index (χ1) is 12.1. The van der Waals surface area contributed by atoms with Crippen molar-refractivity contribution < 1.29 is 18.7 Å². The molecule has 1 aliphatic heterocycles. The largest absolute Gasteiger partial charge is 0.497 e. The first-order valence-corrected chi connectivity index (χ1v) is 7.88. The highest BCUT2D eigenvalue weighted by molar-refractivity contribution is 6.10. The minimum absolute atomic E-state index is 0.167. The number of para-hydroxylation sites is 1. The molecule has 0 unspecified atom stereocenters. The molecule has 0 bridgehead atoms. The predicted molar refractivity (Wildman–Crippen MR) is 91.6 cm³/mol. The Balaban J connectivity index is 1.93. The van der Waals surface area contributed by atoms with Crippen LogP contribution < -0.4 is 9.47 Å². The molecule has 0 radical (unpaired) electrons. The number of ether oxygens (including phenoxy) is 2. The fourth-order valence-electron chi connectivity index (χ4n) is 3.20. The van der Waals surface area contributed by atoms with Gasteiger partial charge in [-0.2, -0.15) is 0 Å². The van der Waals surface area contributed by atoms with E-state index in [4.69, 9.17) is 9.47 Å². The molecule has 3 nitrogen and oxygen atoms in total. The Kier molecular flexibility index (Phi) is 3.53. The zero-order chi connectivity index (χ0) is 17.4. The Labute approximate surface area is 144 Å². The van der Waals surface area contributed by atoms with Gasteiger partial charge in [-0.15, -0.1) is 0 Å². The second-order valence-electron chi connectivity index (χ2n) is 5.84. The third-order valence-electron chi connectivity index (χ3n) is 4.46. The average Bonchev–Trinajstić information content (AvgIpc) is 2.96. The van der Waals surface area contributed by atoms with E-state index in [1.54, 1.807) is 61.7 Å². The zero-order valence-electron chi connectivity index (χ0n) is 13.5. The first-order valence-electron chi connectivity index (χ1n) is 7.88. The van der Waals surface area contributed by atoms with Gasteiger partial charge < -0.3 is 9.47 Å². The molecule has 0 N–H and O–H groups in total. The van der Waals surface area contributed by atoms with Gasteiger partial charge in [-0.05, 0) is 36.4 Å². The second kappa shape index (κ2) is 5.74. The van der Waals surface area contributed by atoms with Crippen LogP contribution in [0.5, 0.6) is 11.5 Å². The summed E-state index contributed by atoms with van der Waals surface area (Å²) in [5, 5.41) is 0. The quantitative estimate of drug-likeness (QED) is 0.714. The van der Waals surface area contributed by atoms with Gasteiger partial charge in [-0.1, -0.05) is 36.4 Å². The van der Waals surface area contributed by atoms with Gasteiger partial charge in [0, 0.05) is 11.1 Å². The van der Waals surface area contributed by atoms with Gasteiger partial charge in [0.25, 0.3) is 0 Å². The zero-order valence-corrected chi connectivity index (χ0v) is 13.5. The molecule has 4 rings (SSSR count). The Morgan fingerprint density at radius 1 is 0.880 bits per heavy atom. The Morgan fingerprint density at radius 2 is 1.48 bits per heavy atom. The average molecular weight is 334 g/mol. The number of hydrogen-bond acceptors (Lipinski definition) is 3. The molecule has 0 amide bonds. The van der Waals surface area contributed by atoms with Crippen molar-refractivity contribution >= 4 is 5.78 Å². The molecule has 0 saturated carbocycles. The van der Waals surface area contributed by atoms with Crippen LogP contribution >= 0.6 is 0 Å². The number of methoxy groups -OCH3 is 1. The standard InChI is InChI=1S/C21H15FO3/c1-24-17-12-8-15(9-13-17)21(14-6-10-16(22)11-7-14)20(23)18-4-2-3-5-19(18)25-21/h2-13H,1H3/t21-/m0/s1. The molecule has 1 heterocycles. The van der Waals surface area contributed by atoms with Crippen molar-refractivity contribution in [3.05, 3.63) is 95.3 Å². The van der Waals surface area contributed by atoms with Crippen molar-refractivity contribution in [2.24, 2.45) is 0 Å². The van der Waals surface area contributed by atoms with E-state index in [1.165, 1.54) is 12.1 Å². The smallest absolute Gasteiger partial charge is 0.221 e. The van der Waals surface area contributed by atoms with Crippen LogP contribution in [0, 0.1) is 5.82 Å². The van der Waals surface area contributed by atoms with Crippen LogP contribution in [0.4, 0.5) is 4.39 Å². The van der Waals surface area contributed by atoms with E-state index in [0.29, 0.717) is 28.2 Å². The maximum Gasteiger partial charge on any atom is 0.221 e. The number of Topliss-reactive ketones (excluding diaryl/α,β-unsaturated/α-hetero) is 1. The number of benzene rings is 3. The number of carbonyl (C=O) groups excluding carboxylic acids is 1. The first kappa shape index (κ1) is 15.4. The summed E-state index contributed by atoms with van der Waals surface area (Å²) in [5.41, 5.74) is 0.438. The number of halogens is 1. The highest BCUT2D eigenvalue weighted by atomic mass is 19.1. The molecular formula is C21H15FO3. The van der Waals surface area contributed by atoms with E-state index in [1.807, 2.05) is 6.07 Å². The molecule has 124 valence electrons. The van der Waals surface area contributed by atoms with E-state index >= 15 is 0 Å². The lowest BCUT2D eigenvalue weighted by Gasteiger charge is -2.28. The molecular weight excluding hydrogens is 319 g/mol. The molecule has 4 heteroatoms. The molecule has 0 saturated heterocycles. The van der Waals surface area contributed by atoms with E-state index in [-0.39, 0.29) is 11.6 Å². The SMILES string of the molecule is COc1ccc([C@]2(c3ccc(F)cc3)Oc3ccccc3C2=O)cc1. The summed E-state index contributed by atoms with van der Waals surface area (Å²) in [4.78, 5) is 13.3. The fourth-order valence-corrected chi connectivity index (χ4v) is 3.20. The van der Waals surface area contributed by atoms with Crippen LogP contribution in [0.1, 0.15) is 21.5 Å². The summed E-state index contributed by atoms with van der Waals surface area (Å²) in [6.07, 6.45) is 0. The van der Waals surface area contributed by atoms with E-state index in [9.17, 15) is 9.18 Å². The van der Waals surface area contributed by atoms with Crippen molar-refractivity contribution in [3.8, 4) is 11.5 Å². The number of fused-ring (bicyclic) bond motifs is 1. The predicted octanol–water partition coefficient (Wildman–Crippen LogP) is 4.35. The molecule has 1 atom stereocenters. The highest BCUT2D eigenvalue weighted by Gasteiger charge is 2.50. The summed E-state index contributed by atoms with van der Waals surface area (Å²) in [7, 11) is 1.58. The third kappa shape index (κ3) is 2.30. The summed E-state index contributed by atoms with van der Waals surface area (Å²) in [6, 6.07) is 20.1. The minimum Gasteiger partial charge on any atom is -0.497 e. The maximum absolute atomic E-state index is 13.4. The number of rotatable bonds is 3. The Bertz CT molecular complexity index is 932. The van der Waals surface area contributed by atoms with Crippen molar-refractivity contribution in [1.82, 2.24) is 0 Å². The fraction of sp³-hybridized carbons (Fsp3) is 0.0952. The van der Waals surface area contributed by atoms with Gasteiger partial charge in [0.1, 0.15) is 17.3 Å². The molecule has 0 spiro atoms. The van der Waals surface area contributed by atoms with Crippen LogP contribution in [0.2, 0.25) is 0 Å². The van der Waals surface area contributed by atoms with Crippen molar-refractivity contribution in [2.75, 3.05) is 7.11 Å². The van der Waals surface area contributed by atoms with Gasteiger partial charge in [0.05, 0.1) is 12.7 Å². The van der Waals surface area contributed by atoms with Crippen molar-refractivity contribution in [2.45, 2.75) is 5.60 Å². The molecule has 3 aromatic carbocycles. The third-order valence-corrected chi connectivity index (χ3v) is 4.46. The molecule has 25 heavy (non-hydrogen) atoms. The van der Waals surface area contributed by atoms with Gasteiger partial charge in [0.15, 0.2) is 0 Å². The molecule has 0 aromatic heterocycles. The summed E-state index contributed by atoms with van der Waals surface area (Å²) in [6.45, 7) is 0. The van der Waals surface area contributed by atoms with Crippen LogP contribution in [0.3, 0.4) is 0 Å². The normalized spacial score (nSPS) is 18.6. The molecule has 1 aliphatic rings. The Hall–Kier alpha value is -3.14. The maximum atomic E-state index is 13.4. The van der Waals surface area contributed by atoms with Crippen LogP contribution in [0.15, 0.2) is 72.8 Å². The lowest BCUT2D eigenvalue weighted by Crippen LogP contribution is -2.38. The number of hydrogen-bond donors (Lipinski definition) is 0. The summed E-state index contributed by atoms with van der Waals surface area (Å²) >= 11 is 0. The Morgan fingerprint density at radius 3 is 2.08 bits per heavy atom. The van der Waals surface area contributed by atoms with Gasteiger partial charge in [0.2, 0.25) is 11.4 Å². The van der Waals surface area contributed by atoms with Gasteiger partial charge in [-0.25, -0.2) is 4.39 Å². The topological polar surface area (TPSA) is 35.5 Å². The summed E-state index contributed by atoms with van der Waals surface area (Å²) in [5.74, 6) is 0.671. The summed E-state index contributed by atoms with van der Waals surface area (Å²) < 4.78 is 24.8. The lowest BCUT2D eigenvalue weighted by atomic mass is 9.81. The van der Waals surface area contributed by atoms with E-state index in [2.05, 4.69) is 0 Å². The van der Waals surface area contributed by atoms with E-state index in [0.717, 1.165) is 0 Å². The van der Waals surface area contributed by atoms with Gasteiger partial charge in [-0.3, -0.25) is 4.79 Å². The monoisotopic (exact) mass is 334 g/mol. The molecule has 0 aliphatic carbocycles. The van der Waals surface area contributed by atoms with Crippen LogP contribution in [-0.4, -0.2) is 12.9 Å².